The molecule has 0 saturated carbocycles. The highest BCUT2D eigenvalue weighted by atomic mass is 16.5. The molecule has 3 heterocycles. The Hall–Kier alpha value is -1.92. The molecule has 0 radical (unpaired) electrons. The minimum Gasteiger partial charge on any atom is -0.379 e. The lowest BCUT2D eigenvalue weighted by atomic mass is 9.89. The van der Waals surface area contributed by atoms with Gasteiger partial charge in [0.2, 0.25) is 11.8 Å². The Balaban J connectivity index is 1.18. The molecule has 3 aliphatic rings. The first-order chi connectivity index (χ1) is 15.7. The summed E-state index contributed by atoms with van der Waals surface area (Å²) < 4.78 is 5.40. The fourth-order valence-electron chi connectivity index (χ4n) is 5.36. The van der Waals surface area contributed by atoms with Crippen LogP contribution >= 0.6 is 0 Å². The van der Waals surface area contributed by atoms with E-state index in [0.717, 1.165) is 78.2 Å². The number of piperidine rings is 2. The number of amides is 2. The lowest BCUT2D eigenvalue weighted by Crippen LogP contribution is -2.49. The van der Waals surface area contributed by atoms with E-state index in [9.17, 15) is 9.59 Å². The molecule has 0 aliphatic carbocycles. The summed E-state index contributed by atoms with van der Waals surface area (Å²) in [6.45, 7) is 7.70. The number of likely N-dealkylation sites (tertiary alicyclic amines) is 2. The van der Waals surface area contributed by atoms with E-state index < -0.39 is 0 Å². The first kappa shape index (κ1) is 23.2. The number of hydrogen-bond acceptors (Lipinski definition) is 4. The molecule has 0 unspecified atom stereocenters. The number of nitrogens with zero attached hydrogens (tertiary/aromatic N) is 3. The molecule has 32 heavy (non-hydrogen) atoms. The monoisotopic (exact) mass is 441 g/mol. The maximum Gasteiger partial charge on any atom is 0.227 e. The Morgan fingerprint density at radius 1 is 0.969 bits per heavy atom. The molecule has 1 aromatic carbocycles. The number of aryl methyl sites for hydroxylation is 1. The first-order valence-electron chi connectivity index (χ1n) is 12.6. The van der Waals surface area contributed by atoms with Crippen molar-refractivity contribution in [3.63, 3.8) is 0 Å². The van der Waals surface area contributed by atoms with Gasteiger partial charge in [-0.25, -0.2) is 0 Å². The van der Waals surface area contributed by atoms with Gasteiger partial charge in [0.1, 0.15) is 0 Å². The number of ether oxygens (including phenoxy) is 1. The predicted molar refractivity (Wildman–Crippen MR) is 125 cm³/mol. The lowest BCUT2D eigenvalue weighted by molar-refractivity contribution is -0.144. The third-order valence-electron chi connectivity index (χ3n) is 7.47. The third-order valence-corrected chi connectivity index (χ3v) is 7.47. The zero-order valence-corrected chi connectivity index (χ0v) is 19.4. The van der Waals surface area contributed by atoms with Crippen molar-refractivity contribution >= 4 is 11.8 Å². The van der Waals surface area contributed by atoms with Crippen LogP contribution in [-0.4, -0.2) is 85.5 Å². The van der Waals surface area contributed by atoms with Crippen LogP contribution in [0, 0.1) is 11.8 Å². The van der Waals surface area contributed by atoms with Gasteiger partial charge in [0.15, 0.2) is 0 Å². The minimum absolute atomic E-state index is 0.0167. The van der Waals surface area contributed by atoms with Crippen molar-refractivity contribution in [2.24, 2.45) is 11.8 Å². The number of benzene rings is 1. The van der Waals surface area contributed by atoms with Crippen LogP contribution in [-0.2, 0) is 20.7 Å². The van der Waals surface area contributed by atoms with Crippen molar-refractivity contribution in [2.45, 2.75) is 44.9 Å². The van der Waals surface area contributed by atoms with Crippen LogP contribution < -0.4 is 0 Å². The van der Waals surface area contributed by atoms with E-state index in [0.29, 0.717) is 25.3 Å². The van der Waals surface area contributed by atoms with E-state index in [1.54, 1.807) is 0 Å². The Kier molecular flexibility index (Phi) is 8.57. The zero-order valence-electron chi connectivity index (χ0n) is 19.4. The average molecular weight is 442 g/mol. The summed E-state index contributed by atoms with van der Waals surface area (Å²) in [7, 11) is 0. The van der Waals surface area contributed by atoms with Gasteiger partial charge in [-0.3, -0.25) is 14.5 Å². The van der Waals surface area contributed by atoms with Crippen LogP contribution in [0.15, 0.2) is 30.3 Å². The fraction of sp³-hybridized carbons (Fsp3) is 0.692. The second kappa shape index (κ2) is 11.8. The highest BCUT2D eigenvalue weighted by Crippen LogP contribution is 2.26. The molecule has 3 fully saturated rings. The highest BCUT2D eigenvalue weighted by molar-refractivity contribution is 5.84. The number of rotatable bonds is 8. The molecule has 2 amide bonds. The van der Waals surface area contributed by atoms with Gasteiger partial charge in [0, 0.05) is 52.2 Å². The molecule has 3 aliphatic heterocycles. The summed E-state index contributed by atoms with van der Waals surface area (Å²) >= 11 is 0. The van der Waals surface area contributed by atoms with Crippen LogP contribution in [0.3, 0.4) is 0 Å². The number of carbonyl (C=O) groups excluding carboxylic acids is 2. The quantitative estimate of drug-likeness (QED) is 0.623. The molecule has 6 nitrogen and oxygen atoms in total. The summed E-state index contributed by atoms with van der Waals surface area (Å²) in [5, 5.41) is 0. The summed E-state index contributed by atoms with van der Waals surface area (Å²) in [5.74, 6) is 1.19. The van der Waals surface area contributed by atoms with Crippen molar-refractivity contribution in [2.75, 3.05) is 59.0 Å². The third kappa shape index (κ3) is 6.55. The van der Waals surface area contributed by atoms with E-state index in [4.69, 9.17) is 4.74 Å². The van der Waals surface area contributed by atoms with Crippen LogP contribution in [0.4, 0.5) is 0 Å². The minimum atomic E-state index is -0.0167. The molecule has 1 atom stereocenters. The van der Waals surface area contributed by atoms with Crippen LogP contribution in [0.1, 0.15) is 44.1 Å². The molecular weight excluding hydrogens is 402 g/mol. The molecule has 4 rings (SSSR count). The Morgan fingerprint density at radius 3 is 2.47 bits per heavy atom. The summed E-state index contributed by atoms with van der Waals surface area (Å²) in [4.78, 5) is 32.0. The highest BCUT2D eigenvalue weighted by Gasteiger charge is 2.34. The molecule has 0 aromatic heterocycles. The molecule has 0 spiro atoms. The SMILES string of the molecule is O=C1CC[C@@H](C(=O)N2CCC(CCc3ccccc3)CC2)CN1CCCN1CCOCC1. The fourth-order valence-corrected chi connectivity index (χ4v) is 5.36. The average Bonchev–Trinajstić information content (AvgIpc) is 2.85. The van der Waals surface area contributed by atoms with Crippen molar-refractivity contribution < 1.29 is 14.3 Å². The Labute approximate surface area is 192 Å². The van der Waals surface area contributed by atoms with Crippen LogP contribution in [0.25, 0.3) is 0 Å². The summed E-state index contributed by atoms with van der Waals surface area (Å²) in [6, 6.07) is 10.7. The second-order valence-electron chi connectivity index (χ2n) is 9.68. The van der Waals surface area contributed by atoms with E-state index in [-0.39, 0.29) is 17.7 Å². The predicted octanol–water partition coefficient (Wildman–Crippen LogP) is 2.82. The van der Waals surface area contributed by atoms with Crippen molar-refractivity contribution in [3.05, 3.63) is 35.9 Å². The number of morpholine rings is 1. The van der Waals surface area contributed by atoms with Crippen LogP contribution in [0.2, 0.25) is 0 Å². The lowest BCUT2D eigenvalue weighted by Gasteiger charge is -2.38. The van der Waals surface area contributed by atoms with Gasteiger partial charge in [-0.05, 0) is 50.0 Å². The largest absolute Gasteiger partial charge is 0.379 e. The molecule has 176 valence electrons. The molecule has 0 N–H and O–H groups in total. The van der Waals surface area contributed by atoms with Crippen molar-refractivity contribution in [3.8, 4) is 0 Å². The molecule has 3 saturated heterocycles. The molecular formula is C26H39N3O3. The van der Waals surface area contributed by atoms with Crippen molar-refractivity contribution in [1.82, 2.24) is 14.7 Å². The number of carbonyl (C=O) groups is 2. The van der Waals surface area contributed by atoms with Gasteiger partial charge in [0.05, 0.1) is 19.1 Å². The molecule has 1 aromatic rings. The molecule has 6 heteroatoms. The van der Waals surface area contributed by atoms with Gasteiger partial charge in [-0.1, -0.05) is 30.3 Å². The Morgan fingerprint density at radius 2 is 1.72 bits per heavy atom. The van der Waals surface area contributed by atoms with Gasteiger partial charge in [-0.15, -0.1) is 0 Å². The van der Waals surface area contributed by atoms with Crippen LogP contribution in [0.5, 0.6) is 0 Å². The van der Waals surface area contributed by atoms with Gasteiger partial charge in [-0.2, -0.15) is 0 Å². The summed E-state index contributed by atoms with van der Waals surface area (Å²) in [5.41, 5.74) is 1.41. The maximum atomic E-state index is 13.2. The van der Waals surface area contributed by atoms with Gasteiger partial charge < -0.3 is 14.5 Å². The number of hydrogen-bond donors (Lipinski definition) is 0. The standard InChI is InChI=1S/C26H39N3O3/c30-25-10-9-24(21-29(25)14-4-13-27-17-19-32-20-18-27)26(31)28-15-11-23(12-16-28)8-7-22-5-2-1-3-6-22/h1-3,5-6,23-24H,4,7-21H2/t24-/m1/s1. The smallest absolute Gasteiger partial charge is 0.227 e. The van der Waals surface area contributed by atoms with Gasteiger partial charge >= 0.3 is 0 Å². The topological polar surface area (TPSA) is 53.1 Å². The summed E-state index contributed by atoms with van der Waals surface area (Å²) in [6.07, 6.45) is 6.75. The van der Waals surface area contributed by atoms with Crippen molar-refractivity contribution in [1.29, 1.82) is 0 Å². The van der Waals surface area contributed by atoms with E-state index in [2.05, 4.69) is 40.1 Å². The second-order valence-corrected chi connectivity index (χ2v) is 9.68. The molecule has 0 bridgehead atoms. The van der Waals surface area contributed by atoms with E-state index >= 15 is 0 Å². The Bertz CT molecular complexity index is 727. The normalized spacial score (nSPS) is 23.5. The zero-order chi connectivity index (χ0) is 22.2. The van der Waals surface area contributed by atoms with E-state index in [1.807, 2.05) is 4.90 Å². The first-order valence-corrected chi connectivity index (χ1v) is 12.6. The maximum absolute atomic E-state index is 13.2. The van der Waals surface area contributed by atoms with E-state index in [1.165, 1.54) is 12.0 Å². The van der Waals surface area contributed by atoms with Gasteiger partial charge in [0.25, 0.3) is 0 Å².